The predicted octanol–water partition coefficient (Wildman–Crippen LogP) is 10.6. The van der Waals surface area contributed by atoms with Crippen LogP contribution in [0.5, 0.6) is 28.7 Å². The first-order chi connectivity index (χ1) is 30.0. The summed E-state index contributed by atoms with van der Waals surface area (Å²) >= 11 is 12.2. The number of hydrogen-bond donors (Lipinski definition) is 2. The Hall–Kier alpha value is -6.07. The Bertz CT molecular complexity index is 2550. The van der Waals surface area contributed by atoms with E-state index >= 15 is 0 Å². The molecule has 1 amide bonds. The van der Waals surface area contributed by atoms with Crippen molar-refractivity contribution < 1.29 is 33.6 Å². The lowest BCUT2D eigenvalue weighted by molar-refractivity contribution is -0.143. The predicted molar refractivity (Wildman–Crippen MR) is 239 cm³/mol. The van der Waals surface area contributed by atoms with Crippen molar-refractivity contribution in [1.29, 1.82) is 0 Å². The van der Waals surface area contributed by atoms with Crippen molar-refractivity contribution in [2.75, 3.05) is 6.61 Å². The third-order valence-corrected chi connectivity index (χ3v) is 12.4. The van der Waals surface area contributed by atoms with Crippen LogP contribution in [0.25, 0.3) is 0 Å². The number of pyridine rings is 1. The first kappa shape index (κ1) is 42.6. The molecule has 0 spiro atoms. The first-order valence-corrected chi connectivity index (χ1v) is 21.4. The summed E-state index contributed by atoms with van der Waals surface area (Å²) in [6.45, 7) is 7.07. The number of ether oxygens (including phenoxy) is 4. The summed E-state index contributed by atoms with van der Waals surface area (Å²) in [7, 11) is 0. The summed E-state index contributed by atoms with van der Waals surface area (Å²) in [5.41, 5.74) is 7.48. The molecule has 10 nitrogen and oxygen atoms in total. The number of carbonyl (C=O) groups excluding carboxylic acids is 1. The third kappa shape index (κ3) is 9.68. The topological polar surface area (TPSA) is 119 Å². The number of nitrogens with zero attached hydrogens (tertiary/aromatic N) is 2. The number of rotatable bonds is 14. The number of nitrogens with one attached hydrogen (secondary N) is 1. The molecule has 1 aromatic heterocycles. The van der Waals surface area contributed by atoms with Gasteiger partial charge < -0.3 is 29.4 Å². The minimum absolute atomic E-state index is 0.0995. The second-order valence-corrected chi connectivity index (χ2v) is 16.5. The molecule has 6 aromatic rings. The smallest absolute Gasteiger partial charge is 0.326 e. The van der Waals surface area contributed by atoms with Crippen molar-refractivity contribution in [2.24, 2.45) is 0 Å². The van der Waals surface area contributed by atoms with Crippen LogP contribution < -0.4 is 24.3 Å². The van der Waals surface area contributed by atoms with Crippen molar-refractivity contribution in [3.63, 3.8) is 0 Å². The molecule has 0 saturated carbocycles. The molecule has 12 heteroatoms. The highest BCUT2D eigenvalue weighted by atomic mass is 35.5. The molecule has 0 saturated heterocycles. The largest absolute Gasteiger partial charge is 0.489 e. The van der Waals surface area contributed by atoms with Crippen molar-refractivity contribution in [3.8, 4) is 28.7 Å². The second kappa shape index (κ2) is 18.9. The van der Waals surface area contributed by atoms with Crippen LogP contribution in [0.2, 0.25) is 10.0 Å². The number of aliphatic carboxylic acids is 1. The van der Waals surface area contributed by atoms with E-state index in [1.807, 2.05) is 92.7 Å². The summed E-state index contributed by atoms with van der Waals surface area (Å²) in [6.07, 6.45) is 2.55. The zero-order chi connectivity index (χ0) is 43.3. The molecule has 8 rings (SSSR count). The molecular weight excluding hydrogens is 825 g/mol. The molecule has 0 unspecified atom stereocenters. The lowest BCUT2D eigenvalue weighted by atomic mass is 9.89. The SMILES string of the molecule is CC[C@@H](c1ccccc1)N1Cc2cc3c(cc2C[C@H]1C(=O)N[C@@H](Cc1ccc(Oc2ccnc(C)c2C)cc1)C(=O)O)OC[C@H](c1ccc(OCc2ccc(Cl)c(Cl)c2)cc1)O3. The van der Waals surface area contributed by atoms with Crippen molar-refractivity contribution in [1.82, 2.24) is 15.2 Å². The number of aromatic nitrogens is 1. The molecule has 2 N–H and O–H groups in total. The molecule has 2 aliphatic rings. The molecule has 62 heavy (non-hydrogen) atoms. The van der Waals surface area contributed by atoms with Crippen LogP contribution >= 0.6 is 23.2 Å². The van der Waals surface area contributed by atoms with Gasteiger partial charge in [-0.15, -0.1) is 0 Å². The van der Waals surface area contributed by atoms with Gasteiger partial charge >= 0.3 is 5.97 Å². The van der Waals surface area contributed by atoms with Crippen LogP contribution in [0.4, 0.5) is 0 Å². The number of carboxylic acid groups (broad SMARTS) is 1. The van der Waals surface area contributed by atoms with E-state index in [9.17, 15) is 14.7 Å². The Morgan fingerprint density at radius 2 is 1.60 bits per heavy atom. The van der Waals surface area contributed by atoms with Gasteiger partial charge in [-0.2, -0.15) is 0 Å². The summed E-state index contributed by atoms with van der Waals surface area (Å²) < 4.78 is 24.9. The standard InChI is InChI=1S/C50H47Cl2N3O7/c1-4-43(34-8-6-5-7-9-34)55-27-37-26-47-46(60-29-48(62-47)35-13-17-38(18-14-35)59-28-33-12-19-40(51)41(52)22-33)25-36(37)24-44(55)49(56)54-42(50(57)58)23-32-10-15-39(16-11-32)61-45-20-21-53-31(3)30(45)2/h5-22,25-26,42-44,48H,4,23-24,27-29H2,1-3H3,(H,54,56)(H,57,58)/t42-,43-,44-,48+/m0/s1. The van der Waals surface area contributed by atoms with Crippen LogP contribution in [0.3, 0.4) is 0 Å². The summed E-state index contributed by atoms with van der Waals surface area (Å²) in [5.74, 6) is 1.80. The molecule has 2 aliphatic heterocycles. The maximum Gasteiger partial charge on any atom is 0.326 e. The van der Waals surface area contributed by atoms with Crippen molar-refractivity contribution in [3.05, 3.63) is 176 Å². The highest BCUT2D eigenvalue weighted by molar-refractivity contribution is 6.42. The average Bonchev–Trinajstić information content (AvgIpc) is 3.28. The Labute approximate surface area is 371 Å². The fourth-order valence-corrected chi connectivity index (χ4v) is 8.39. The van der Waals surface area contributed by atoms with E-state index in [1.165, 1.54) is 0 Å². The van der Waals surface area contributed by atoms with E-state index in [-0.39, 0.29) is 24.5 Å². The van der Waals surface area contributed by atoms with E-state index in [2.05, 4.69) is 34.3 Å². The molecule has 5 aromatic carbocycles. The van der Waals surface area contributed by atoms with E-state index in [4.69, 9.17) is 42.1 Å². The van der Waals surface area contributed by atoms with Gasteiger partial charge in [-0.25, -0.2) is 4.79 Å². The van der Waals surface area contributed by atoms with E-state index in [1.54, 1.807) is 30.5 Å². The van der Waals surface area contributed by atoms with Crippen molar-refractivity contribution >= 4 is 35.1 Å². The Balaban J connectivity index is 0.979. The maximum atomic E-state index is 14.4. The number of carboxylic acids is 1. The van der Waals surface area contributed by atoms with Gasteiger partial charge in [0.25, 0.3) is 0 Å². The quantitative estimate of drug-likeness (QED) is 0.110. The summed E-state index contributed by atoms with van der Waals surface area (Å²) in [6, 6.07) is 34.4. The van der Waals surface area contributed by atoms with Crippen LogP contribution in [0, 0.1) is 13.8 Å². The fourth-order valence-electron chi connectivity index (χ4n) is 8.07. The number of hydrogen-bond acceptors (Lipinski definition) is 8. The van der Waals surface area contributed by atoms with Gasteiger partial charge in [-0.3, -0.25) is 14.7 Å². The van der Waals surface area contributed by atoms with Gasteiger partial charge in [0.05, 0.1) is 16.1 Å². The average molecular weight is 873 g/mol. The third-order valence-electron chi connectivity index (χ3n) is 11.6. The number of amides is 1. The minimum atomic E-state index is -1.15. The van der Waals surface area contributed by atoms with Gasteiger partial charge in [0.1, 0.15) is 36.5 Å². The molecule has 0 fully saturated rings. The molecule has 0 bridgehead atoms. The molecule has 3 heterocycles. The number of carbonyl (C=O) groups is 2. The van der Waals surface area contributed by atoms with Crippen LogP contribution in [0.1, 0.15) is 70.1 Å². The molecule has 4 atom stereocenters. The zero-order valence-electron chi connectivity index (χ0n) is 34.6. The first-order valence-electron chi connectivity index (χ1n) is 20.7. The highest BCUT2D eigenvalue weighted by Gasteiger charge is 2.39. The maximum absolute atomic E-state index is 14.4. The molecular formula is C50H47Cl2N3O7. The second-order valence-electron chi connectivity index (χ2n) is 15.7. The van der Waals surface area contributed by atoms with E-state index in [0.29, 0.717) is 65.0 Å². The number of benzene rings is 5. The molecule has 0 aliphatic carbocycles. The Kier molecular flexibility index (Phi) is 13.0. The zero-order valence-corrected chi connectivity index (χ0v) is 36.2. The number of aryl methyl sites for hydroxylation is 1. The monoisotopic (exact) mass is 871 g/mol. The van der Waals surface area contributed by atoms with Gasteiger partial charge in [-0.1, -0.05) is 90.8 Å². The number of fused-ring (bicyclic) bond motifs is 2. The fraction of sp³-hybridized carbons (Fsp3) is 0.260. The summed E-state index contributed by atoms with van der Waals surface area (Å²) in [4.78, 5) is 33.6. The van der Waals surface area contributed by atoms with Crippen molar-refractivity contribution in [2.45, 2.75) is 77.4 Å². The minimum Gasteiger partial charge on any atom is -0.489 e. The normalized spacial score (nSPS) is 16.7. The van der Waals surface area contributed by atoms with E-state index in [0.717, 1.165) is 51.1 Å². The Morgan fingerprint density at radius 3 is 2.32 bits per heavy atom. The summed E-state index contributed by atoms with van der Waals surface area (Å²) in [5, 5.41) is 14.3. The van der Waals surface area contributed by atoms with Gasteiger partial charge in [0.15, 0.2) is 17.6 Å². The molecule has 318 valence electrons. The van der Waals surface area contributed by atoms with Crippen LogP contribution in [-0.2, 0) is 35.6 Å². The highest BCUT2D eigenvalue weighted by Crippen LogP contribution is 2.43. The lowest BCUT2D eigenvalue weighted by Gasteiger charge is -2.42. The number of halogens is 2. The van der Waals surface area contributed by atoms with E-state index < -0.39 is 18.1 Å². The van der Waals surface area contributed by atoms with Crippen LogP contribution in [0.15, 0.2) is 121 Å². The molecule has 0 radical (unpaired) electrons. The van der Waals surface area contributed by atoms with Gasteiger partial charge in [-0.05, 0) is 115 Å². The van der Waals surface area contributed by atoms with Gasteiger partial charge in [0, 0.05) is 36.5 Å². The Morgan fingerprint density at radius 1 is 0.871 bits per heavy atom. The van der Waals surface area contributed by atoms with Crippen LogP contribution in [-0.4, -0.2) is 45.6 Å². The lowest BCUT2D eigenvalue weighted by Crippen LogP contribution is -2.55. The van der Waals surface area contributed by atoms with Gasteiger partial charge in [0.2, 0.25) is 5.91 Å².